The maximum absolute atomic E-state index is 12.8. The van der Waals surface area contributed by atoms with E-state index in [1.165, 1.54) is 0 Å². The Morgan fingerprint density at radius 1 is 1.29 bits per heavy atom. The van der Waals surface area contributed by atoms with Crippen molar-refractivity contribution in [1.82, 2.24) is 15.5 Å². The van der Waals surface area contributed by atoms with Crippen molar-refractivity contribution in [1.29, 1.82) is 5.26 Å². The number of nitrogens with one attached hydrogen (secondary N) is 2. The van der Waals surface area contributed by atoms with Crippen molar-refractivity contribution in [3.05, 3.63) is 47.5 Å². The first-order valence-electron chi connectivity index (χ1n) is 10.7. The SMILES string of the molecule is CC(C)C=C(C#N)C(=O)N1CCCC[C@@H]1CNC(=O)NC(Cc1ccccc1)B(O)O. The number of nitrogens with zero attached hydrogens (tertiary/aromatic N) is 2. The summed E-state index contributed by atoms with van der Waals surface area (Å²) in [4.78, 5) is 26.9. The molecule has 1 aromatic rings. The van der Waals surface area contributed by atoms with Crippen LogP contribution in [0.4, 0.5) is 4.79 Å². The molecule has 1 aromatic carbocycles. The topological polar surface area (TPSA) is 126 Å². The van der Waals surface area contributed by atoms with Crippen molar-refractivity contribution in [2.75, 3.05) is 13.1 Å². The van der Waals surface area contributed by atoms with Gasteiger partial charge >= 0.3 is 13.1 Å². The van der Waals surface area contributed by atoms with Crippen LogP contribution in [0.1, 0.15) is 38.7 Å². The van der Waals surface area contributed by atoms with Gasteiger partial charge in [-0.2, -0.15) is 5.26 Å². The summed E-state index contributed by atoms with van der Waals surface area (Å²) >= 11 is 0. The number of amides is 3. The Morgan fingerprint density at radius 2 is 2.00 bits per heavy atom. The van der Waals surface area contributed by atoms with Gasteiger partial charge < -0.3 is 25.6 Å². The van der Waals surface area contributed by atoms with Gasteiger partial charge in [0.25, 0.3) is 5.91 Å². The zero-order valence-corrected chi connectivity index (χ0v) is 18.1. The highest BCUT2D eigenvalue weighted by molar-refractivity contribution is 6.43. The highest BCUT2D eigenvalue weighted by atomic mass is 16.4. The first-order chi connectivity index (χ1) is 14.8. The summed E-state index contributed by atoms with van der Waals surface area (Å²) in [6.07, 6.45) is 4.43. The minimum absolute atomic E-state index is 0.0807. The van der Waals surface area contributed by atoms with Crippen LogP contribution in [0.15, 0.2) is 42.0 Å². The smallest absolute Gasteiger partial charge is 0.426 e. The maximum atomic E-state index is 12.8. The van der Waals surface area contributed by atoms with Crippen molar-refractivity contribution in [3.8, 4) is 6.07 Å². The summed E-state index contributed by atoms with van der Waals surface area (Å²) < 4.78 is 0. The summed E-state index contributed by atoms with van der Waals surface area (Å²) in [6.45, 7) is 4.57. The number of rotatable bonds is 8. The third-order valence-electron chi connectivity index (χ3n) is 5.21. The Kier molecular flexibility index (Phi) is 9.57. The minimum atomic E-state index is -1.71. The number of piperidine rings is 1. The second kappa shape index (κ2) is 12.1. The Hall–Kier alpha value is -2.83. The van der Waals surface area contributed by atoms with E-state index in [0.29, 0.717) is 6.54 Å². The fraction of sp³-hybridized carbons (Fsp3) is 0.500. The van der Waals surface area contributed by atoms with Crippen molar-refractivity contribution in [3.63, 3.8) is 0 Å². The van der Waals surface area contributed by atoms with Crippen LogP contribution in [-0.2, 0) is 11.2 Å². The molecular weight excluding hydrogens is 395 g/mol. The lowest BCUT2D eigenvalue weighted by Crippen LogP contribution is -2.54. The number of urea groups is 1. The van der Waals surface area contributed by atoms with E-state index in [1.54, 1.807) is 11.0 Å². The van der Waals surface area contributed by atoms with Crippen LogP contribution in [0.5, 0.6) is 0 Å². The van der Waals surface area contributed by atoms with Gasteiger partial charge in [-0.15, -0.1) is 0 Å². The molecule has 0 aromatic heterocycles. The van der Waals surface area contributed by atoms with E-state index in [2.05, 4.69) is 10.6 Å². The van der Waals surface area contributed by atoms with E-state index in [0.717, 1.165) is 24.8 Å². The summed E-state index contributed by atoms with van der Waals surface area (Å²) in [5.74, 6) is -1.10. The molecule has 1 fully saturated rings. The Labute approximate surface area is 184 Å². The van der Waals surface area contributed by atoms with E-state index >= 15 is 0 Å². The van der Waals surface area contributed by atoms with Crippen molar-refractivity contribution in [2.24, 2.45) is 5.92 Å². The normalized spacial score (nSPS) is 17.6. The number of likely N-dealkylation sites (tertiary alicyclic amines) is 1. The molecule has 0 bridgehead atoms. The van der Waals surface area contributed by atoms with E-state index in [-0.39, 0.29) is 36.4 Å². The molecule has 2 rings (SSSR count). The molecule has 9 heteroatoms. The number of benzene rings is 1. The molecule has 0 radical (unpaired) electrons. The molecule has 8 nitrogen and oxygen atoms in total. The van der Waals surface area contributed by atoms with Gasteiger partial charge in [-0.25, -0.2) is 4.79 Å². The van der Waals surface area contributed by atoms with E-state index in [9.17, 15) is 24.9 Å². The first-order valence-corrected chi connectivity index (χ1v) is 10.7. The van der Waals surface area contributed by atoms with E-state index < -0.39 is 19.1 Å². The molecule has 3 amide bonds. The molecule has 1 saturated heterocycles. The molecule has 1 heterocycles. The van der Waals surface area contributed by atoms with Gasteiger partial charge in [0, 0.05) is 19.1 Å². The third kappa shape index (κ3) is 7.74. The lowest BCUT2D eigenvalue weighted by molar-refractivity contribution is -0.130. The molecule has 0 saturated carbocycles. The number of carbonyl (C=O) groups is 2. The number of hydrogen-bond donors (Lipinski definition) is 4. The van der Waals surface area contributed by atoms with Gasteiger partial charge in [-0.3, -0.25) is 4.79 Å². The van der Waals surface area contributed by atoms with Crippen LogP contribution in [-0.4, -0.2) is 59.1 Å². The molecule has 1 unspecified atom stereocenters. The quantitative estimate of drug-likeness (QED) is 0.284. The summed E-state index contributed by atoms with van der Waals surface area (Å²) in [5, 5.41) is 34.0. The Bertz CT molecular complexity index is 807. The van der Waals surface area contributed by atoms with Crippen LogP contribution in [0.2, 0.25) is 0 Å². The monoisotopic (exact) mass is 426 g/mol. The number of nitriles is 1. The molecule has 1 aliphatic rings. The molecular formula is C22H31BN4O4. The molecule has 0 spiro atoms. The number of carbonyl (C=O) groups excluding carboxylic acids is 2. The lowest BCUT2D eigenvalue weighted by atomic mass is 9.76. The van der Waals surface area contributed by atoms with Crippen LogP contribution in [0, 0.1) is 17.2 Å². The van der Waals surface area contributed by atoms with Gasteiger partial charge in [0.05, 0.1) is 5.94 Å². The standard InChI is InChI=1S/C22H31BN4O4/c1-16(2)12-18(14-24)21(28)27-11-7-6-10-19(27)15-25-22(29)26-20(23(30)31)13-17-8-4-3-5-9-17/h3-5,8-9,12,16,19-20,30-31H,6-7,10-11,13,15H2,1-2H3,(H2,25,26,29)/t19-,20?/m1/s1. The summed E-state index contributed by atoms with van der Waals surface area (Å²) in [6, 6.07) is 10.5. The molecule has 2 atom stereocenters. The van der Waals surface area contributed by atoms with Gasteiger partial charge in [-0.1, -0.05) is 50.3 Å². The second-order valence-electron chi connectivity index (χ2n) is 8.15. The van der Waals surface area contributed by atoms with Crippen molar-refractivity contribution in [2.45, 2.75) is 51.5 Å². The molecule has 31 heavy (non-hydrogen) atoms. The molecule has 4 N–H and O–H groups in total. The van der Waals surface area contributed by atoms with Crippen LogP contribution in [0.3, 0.4) is 0 Å². The van der Waals surface area contributed by atoms with E-state index in [1.807, 2.05) is 50.2 Å². The zero-order valence-electron chi connectivity index (χ0n) is 18.1. The predicted molar refractivity (Wildman–Crippen MR) is 119 cm³/mol. The van der Waals surface area contributed by atoms with Gasteiger partial charge in [0.2, 0.25) is 0 Å². The van der Waals surface area contributed by atoms with Gasteiger partial charge in [-0.05, 0) is 37.2 Å². The molecule has 166 valence electrons. The fourth-order valence-electron chi connectivity index (χ4n) is 3.65. The summed E-state index contributed by atoms with van der Waals surface area (Å²) in [5.41, 5.74) is 0.989. The summed E-state index contributed by atoms with van der Waals surface area (Å²) in [7, 11) is -1.71. The predicted octanol–water partition coefficient (Wildman–Crippen LogP) is 1.40. The highest BCUT2D eigenvalue weighted by Crippen LogP contribution is 2.19. The van der Waals surface area contributed by atoms with Gasteiger partial charge in [0.1, 0.15) is 11.6 Å². The maximum Gasteiger partial charge on any atom is 0.475 e. The van der Waals surface area contributed by atoms with Crippen molar-refractivity contribution < 1.29 is 19.6 Å². The molecule has 0 aliphatic carbocycles. The molecule has 1 aliphatic heterocycles. The van der Waals surface area contributed by atoms with Gasteiger partial charge in [0.15, 0.2) is 0 Å². The van der Waals surface area contributed by atoms with Crippen LogP contribution >= 0.6 is 0 Å². The van der Waals surface area contributed by atoms with Crippen LogP contribution < -0.4 is 10.6 Å². The first kappa shape index (κ1) is 24.4. The fourth-order valence-corrected chi connectivity index (χ4v) is 3.65. The lowest BCUT2D eigenvalue weighted by Gasteiger charge is -2.36. The highest BCUT2D eigenvalue weighted by Gasteiger charge is 2.30. The third-order valence-corrected chi connectivity index (χ3v) is 5.21. The van der Waals surface area contributed by atoms with Crippen molar-refractivity contribution >= 4 is 19.1 Å². The number of allylic oxidation sites excluding steroid dienone is 1. The second-order valence-corrected chi connectivity index (χ2v) is 8.15. The average Bonchev–Trinajstić information content (AvgIpc) is 2.75. The Morgan fingerprint density at radius 3 is 2.61 bits per heavy atom. The largest absolute Gasteiger partial charge is 0.475 e. The Balaban J connectivity index is 1.96. The minimum Gasteiger partial charge on any atom is -0.426 e. The van der Waals surface area contributed by atoms with Crippen LogP contribution in [0.25, 0.3) is 0 Å². The average molecular weight is 426 g/mol. The number of hydrogen-bond acceptors (Lipinski definition) is 5. The zero-order chi connectivity index (χ0) is 22.8. The van der Waals surface area contributed by atoms with E-state index in [4.69, 9.17) is 0 Å².